The van der Waals surface area contributed by atoms with E-state index in [0.29, 0.717) is 4.47 Å². The standard InChI is InChI=1S/C5H3BrFN.C2H6/c6-4-3-8-2-1-5(4)7;1-2/h1-3H;1-2H3. The number of aromatic nitrogens is 1. The zero-order chi connectivity index (χ0) is 7.98. The smallest absolute Gasteiger partial charge is 0.140 e. The molecule has 1 rings (SSSR count). The second-order valence-corrected chi connectivity index (χ2v) is 2.14. The SMILES string of the molecule is CC.Fc1ccncc1Br. The van der Waals surface area contributed by atoms with Crippen LogP contribution in [-0.2, 0) is 0 Å². The van der Waals surface area contributed by atoms with Crippen LogP contribution in [-0.4, -0.2) is 4.98 Å². The van der Waals surface area contributed by atoms with Gasteiger partial charge < -0.3 is 0 Å². The molecule has 1 aromatic heterocycles. The van der Waals surface area contributed by atoms with Crippen LogP contribution in [0.2, 0.25) is 0 Å². The largest absolute Gasteiger partial charge is 0.263 e. The lowest BCUT2D eigenvalue weighted by molar-refractivity contribution is 0.618. The highest BCUT2D eigenvalue weighted by Gasteiger charge is 1.92. The molecule has 0 aliphatic carbocycles. The number of rotatable bonds is 0. The molecule has 0 aromatic carbocycles. The van der Waals surface area contributed by atoms with E-state index in [1.807, 2.05) is 13.8 Å². The summed E-state index contributed by atoms with van der Waals surface area (Å²) in [5, 5.41) is 0. The third-order valence-corrected chi connectivity index (χ3v) is 1.31. The van der Waals surface area contributed by atoms with E-state index in [4.69, 9.17) is 0 Å². The molecule has 0 unspecified atom stereocenters. The number of pyridine rings is 1. The molecule has 10 heavy (non-hydrogen) atoms. The highest BCUT2D eigenvalue weighted by atomic mass is 79.9. The van der Waals surface area contributed by atoms with Crippen LogP contribution in [0.15, 0.2) is 22.9 Å². The summed E-state index contributed by atoms with van der Waals surface area (Å²) in [6.07, 6.45) is 2.81. The van der Waals surface area contributed by atoms with Gasteiger partial charge in [-0.25, -0.2) is 4.39 Å². The van der Waals surface area contributed by atoms with Gasteiger partial charge in [0.1, 0.15) is 5.82 Å². The Bertz CT molecular complexity index is 170. The number of hydrogen-bond donors (Lipinski definition) is 0. The summed E-state index contributed by atoms with van der Waals surface area (Å²) in [4.78, 5) is 3.66. The predicted octanol–water partition coefficient (Wildman–Crippen LogP) is 3.01. The van der Waals surface area contributed by atoms with Crippen LogP contribution in [0.25, 0.3) is 0 Å². The van der Waals surface area contributed by atoms with Crippen molar-refractivity contribution in [2.24, 2.45) is 0 Å². The molecule has 0 saturated carbocycles. The fourth-order valence-electron chi connectivity index (χ4n) is 0.358. The fourth-order valence-corrected chi connectivity index (χ4v) is 0.609. The third-order valence-electron chi connectivity index (χ3n) is 0.723. The van der Waals surface area contributed by atoms with E-state index in [9.17, 15) is 4.39 Å². The first-order chi connectivity index (χ1) is 4.80. The lowest BCUT2D eigenvalue weighted by Gasteiger charge is -1.86. The highest BCUT2D eigenvalue weighted by molar-refractivity contribution is 9.10. The van der Waals surface area contributed by atoms with Crippen molar-refractivity contribution in [3.8, 4) is 0 Å². The van der Waals surface area contributed by atoms with Crippen molar-refractivity contribution in [2.75, 3.05) is 0 Å². The lowest BCUT2D eigenvalue weighted by Crippen LogP contribution is -1.75. The minimum Gasteiger partial charge on any atom is -0.263 e. The van der Waals surface area contributed by atoms with E-state index in [2.05, 4.69) is 20.9 Å². The van der Waals surface area contributed by atoms with E-state index in [-0.39, 0.29) is 5.82 Å². The fraction of sp³-hybridized carbons (Fsp3) is 0.286. The van der Waals surface area contributed by atoms with Crippen molar-refractivity contribution in [3.63, 3.8) is 0 Å². The van der Waals surface area contributed by atoms with Crippen molar-refractivity contribution in [1.82, 2.24) is 4.98 Å². The van der Waals surface area contributed by atoms with Crippen LogP contribution in [0, 0.1) is 5.82 Å². The van der Waals surface area contributed by atoms with E-state index >= 15 is 0 Å². The quantitative estimate of drug-likeness (QED) is 0.635. The van der Waals surface area contributed by atoms with E-state index in [0.717, 1.165) is 0 Å². The molecule has 1 heterocycles. The Balaban J connectivity index is 0.000000371. The first-order valence-corrected chi connectivity index (χ1v) is 3.85. The van der Waals surface area contributed by atoms with Gasteiger partial charge in [-0.2, -0.15) is 0 Å². The maximum Gasteiger partial charge on any atom is 0.140 e. The number of hydrogen-bond acceptors (Lipinski definition) is 1. The predicted molar refractivity (Wildman–Crippen MR) is 43.2 cm³/mol. The second-order valence-electron chi connectivity index (χ2n) is 1.29. The van der Waals surface area contributed by atoms with Gasteiger partial charge in [0.05, 0.1) is 4.47 Å². The first-order valence-electron chi connectivity index (χ1n) is 3.06. The average molecular weight is 206 g/mol. The molecule has 0 radical (unpaired) electrons. The van der Waals surface area contributed by atoms with Gasteiger partial charge in [-0.05, 0) is 22.0 Å². The third kappa shape index (κ3) is 2.92. The minimum absolute atomic E-state index is 0.278. The van der Waals surface area contributed by atoms with Gasteiger partial charge in [0, 0.05) is 12.4 Å². The molecule has 0 bridgehead atoms. The Morgan fingerprint density at radius 2 is 2.10 bits per heavy atom. The zero-order valence-corrected chi connectivity index (χ0v) is 7.52. The number of nitrogens with zero attached hydrogens (tertiary/aromatic N) is 1. The molecule has 56 valence electrons. The maximum atomic E-state index is 12.2. The Morgan fingerprint density at radius 3 is 2.40 bits per heavy atom. The summed E-state index contributed by atoms with van der Waals surface area (Å²) in [7, 11) is 0. The van der Waals surface area contributed by atoms with Crippen molar-refractivity contribution in [1.29, 1.82) is 0 Å². The normalized spacial score (nSPS) is 8.00. The summed E-state index contributed by atoms with van der Waals surface area (Å²) in [6, 6.07) is 1.30. The van der Waals surface area contributed by atoms with Crippen molar-refractivity contribution >= 4 is 15.9 Å². The molecular weight excluding hydrogens is 197 g/mol. The average Bonchev–Trinajstić information content (AvgIpc) is 2.00. The van der Waals surface area contributed by atoms with Gasteiger partial charge in [0.25, 0.3) is 0 Å². The zero-order valence-electron chi connectivity index (χ0n) is 5.94. The second kappa shape index (κ2) is 5.35. The van der Waals surface area contributed by atoms with Crippen molar-refractivity contribution < 1.29 is 4.39 Å². The summed E-state index contributed by atoms with van der Waals surface area (Å²) in [5.41, 5.74) is 0. The molecule has 1 aromatic rings. The molecule has 0 atom stereocenters. The van der Waals surface area contributed by atoms with Gasteiger partial charge >= 0.3 is 0 Å². The molecule has 0 fully saturated rings. The Labute approximate surface area is 68.4 Å². The summed E-state index contributed by atoms with van der Waals surface area (Å²) >= 11 is 2.96. The van der Waals surface area contributed by atoms with Gasteiger partial charge in [-0.15, -0.1) is 0 Å². The minimum atomic E-state index is -0.278. The van der Waals surface area contributed by atoms with Gasteiger partial charge in [-0.1, -0.05) is 13.8 Å². The van der Waals surface area contributed by atoms with Crippen LogP contribution < -0.4 is 0 Å². The van der Waals surface area contributed by atoms with Crippen molar-refractivity contribution in [3.05, 3.63) is 28.7 Å². The topological polar surface area (TPSA) is 12.9 Å². The van der Waals surface area contributed by atoms with Gasteiger partial charge in [0.15, 0.2) is 0 Å². The Hall–Kier alpha value is -0.440. The lowest BCUT2D eigenvalue weighted by atomic mass is 10.5. The molecule has 0 amide bonds. The summed E-state index contributed by atoms with van der Waals surface area (Å²) < 4.78 is 12.6. The highest BCUT2D eigenvalue weighted by Crippen LogP contribution is 2.10. The molecule has 0 N–H and O–H groups in total. The molecule has 1 nitrogen and oxygen atoms in total. The van der Waals surface area contributed by atoms with Gasteiger partial charge in [0.2, 0.25) is 0 Å². The van der Waals surface area contributed by atoms with Crippen LogP contribution in [0.4, 0.5) is 4.39 Å². The van der Waals surface area contributed by atoms with E-state index in [1.54, 1.807) is 0 Å². The molecule has 0 aliphatic heterocycles. The molecular formula is C7H9BrFN. The first kappa shape index (κ1) is 9.56. The van der Waals surface area contributed by atoms with Crippen LogP contribution in [0.3, 0.4) is 0 Å². The molecule has 0 aliphatic rings. The van der Waals surface area contributed by atoms with Gasteiger partial charge in [-0.3, -0.25) is 4.98 Å². The van der Waals surface area contributed by atoms with Crippen LogP contribution >= 0.6 is 15.9 Å². The van der Waals surface area contributed by atoms with Crippen molar-refractivity contribution in [2.45, 2.75) is 13.8 Å². The summed E-state index contributed by atoms with van der Waals surface area (Å²) in [5.74, 6) is -0.278. The molecule has 3 heteroatoms. The molecule has 0 saturated heterocycles. The molecule has 0 spiro atoms. The van der Waals surface area contributed by atoms with E-state index in [1.165, 1.54) is 18.5 Å². The van der Waals surface area contributed by atoms with E-state index < -0.39 is 0 Å². The summed E-state index contributed by atoms with van der Waals surface area (Å²) in [6.45, 7) is 4.00. The monoisotopic (exact) mass is 205 g/mol. The van der Waals surface area contributed by atoms with Crippen LogP contribution in [0.1, 0.15) is 13.8 Å². The Kier molecular flexibility index (Phi) is 5.12. The number of halogens is 2. The van der Waals surface area contributed by atoms with Crippen LogP contribution in [0.5, 0.6) is 0 Å². The Morgan fingerprint density at radius 1 is 1.50 bits per heavy atom. The maximum absolute atomic E-state index is 12.2.